The Morgan fingerprint density at radius 2 is 1.76 bits per heavy atom. The van der Waals surface area contributed by atoms with Crippen molar-refractivity contribution in [2.45, 2.75) is 19.6 Å². The van der Waals surface area contributed by atoms with E-state index in [0.717, 1.165) is 12.1 Å². The molecule has 0 amide bonds. The van der Waals surface area contributed by atoms with Gasteiger partial charge in [0, 0.05) is 46.7 Å². The van der Waals surface area contributed by atoms with E-state index in [2.05, 4.69) is 37.5 Å². The standard InChI is InChI=1S/C11H6F2N.C3H9Si.CO.Ir/c12-8-4-5-9(10(13)7-8)11-3-1-2-6-14-11;1-4(2)3;1-2;/h1-4,6-7H;1-3H3;;/q-1;;-1;. The zero-order chi connectivity index (χ0) is 15.5. The molecular formula is C15H15F2IrNOSi-2. The average Bonchev–Trinajstić information content (AvgIpc) is 2.41. The molecule has 0 atom stereocenters. The van der Waals surface area contributed by atoms with Crippen LogP contribution >= 0.6 is 0 Å². The number of nitrogens with zero attached hydrogens (tertiary/aromatic N) is 1. The van der Waals surface area contributed by atoms with E-state index in [-0.39, 0.29) is 34.5 Å². The van der Waals surface area contributed by atoms with Crippen molar-refractivity contribution < 1.29 is 33.7 Å². The van der Waals surface area contributed by atoms with Crippen molar-refractivity contribution in [3.63, 3.8) is 0 Å². The Bertz CT molecular complexity index is 510. The molecule has 0 fully saturated rings. The van der Waals surface area contributed by atoms with Gasteiger partial charge in [0.05, 0.1) is 0 Å². The largest absolute Gasteiger partial charge is 0.573 e. The summed E-state index contributed by atoms with van der Waals surface area (Å²) < 4.78 is 25.8. The Hall–Kier alpha value is -1.23. The fraction of sp³-hybridized carbons (Fsp3) is 0.200. The molecule has 0 spiro atoms. The number of hydrogen-bond donors (Lipinski definition) is 0. The second kappa shape index (κ2) is 12.5. The molecule has 1 aromatic heterocycles. The number of pyridine rings is 1. The van der Waals surface area contributed by atoms with Gasteiger partial charge < -0.3 is 16.6 Å². The maximum Gasteiger partial charge on any atom is 0.0408 e. The van der Waals surface area contributed by atoms with Crippen molar-refractivity contribution in [3.8, 4) is 11.3 Å². The van der Waals surface area contributed by atoms with E-state index in [1.807, 2.05) is 0 Å². The summed E-state index contributed by atoms with van der Waals surface area (Å²) in [4.78, 5) is 11.4. The summed E-state index contributed by atoms with van der Waals surface area (Å²) >= 11 is 0. The van der Waals surface area contributed by atoms with Crippen LogP contribution in [0, 0.1) is 17.7 Å². The zero-order valence-corrected chi connectivity index (χ0v) is 15.3. The topological polar surface area (TPSA) is 30.0 Å². The van der Waals surface area contributed by atoms with Crippen LogP contribution in [0.1, 0.15) is 0 Å². The summed E-state index contributed by atoms with van der Waals surface area (Å²) in [7, 11) is 0.120. The van der Waals surface area contributed by atoms with E-state index >= 15 is 0 Å². The minimum atomic E-state index is -0.649. The molecule has 3 radical (unpaired) electrons. The smallest absolute Gasteiger partial charge is 0.0408 e. The van der Waals surface area contributed by atoms with Gasteiger partial charge in [0.2, 0.25) is 0 Å². The molecule has 1 heterocycles. The van der Waals surface area contributed by atoms with Crippen LogP contribution in [0.3, 0.4) is 0 Å². The number of carbonyl (C=O) groups excluding carboxylic acids is 1. The molecule has 2 nitrogen and oxygen atoms in total. The molecule has 0 saturated heterocycles. The fourth-order valence-electron chi connectivity index (χ4n) is 1.15. The normalized spacial score (nSPS) is 8.67. The Morgan fingerprint density at radius 3 is 2.19 bits per heavy atom. The van der Waals surface area contributed by atoms with Crippen molar-refractivity contribution in [2.75, 3.05) is 0 Å². The minimum Gasteiger partial charge on any atom is -0.573 e. The third-order valence-electron chi connectivity index (χ3n) is 1.78. The molecule has 0 aliphatic rings. The van der Waals surface area contributed by atoms with Crippen molar-refractivity contribution >= 4 is 15.6 Å². The van der Waals surface area contributed by atoms with Gasteiger partial charge in [0.15, 0.2) is 0 Å². The van der Waals surface area contributed by atoms with Gasteiger partial charge in [-0.1, -0.05) is 43.4 Å². The monoisotopic (exact) mass is 484 g/mol. The van der Waals surface area contributed by atoms with Crippen LogP contribution < -0.4 is 0 Å². The minimum absolute atomic E-state index is 0. The average molecular weight is 484 g/mol. The molecular weight excluding hydrogens is 468 g/mol. The molecule has 0 aliphatic heterocycles. The summed E-state index contributed by atoms with van der Waals surface area (Å²) in [5.74, 6) is -1.29. The van der Waals surface area contributed by atoms with E-state index in [1.165, 1.54) is 0 Å². The Balaban J connectivity index is 0. The third kappa shape index (κ3) is 9.34. The Labute approximate surface area is 139 Å². The van der Waals surface area contributed by atoms with Crippen LogP contribution in [0.5, 0.6) is 0 Å². The molecule has 0 saturated carbocycles. The molecule has 0 aliphatic carbocycles. The first-order chi connectivity index (χ1) is 9.50. The summed E-state index contributed by atoms with van der Waals surface area (Å²) in [5, 5.41) is 0. The van der Waals surface area contributed by atoms with E-state index in [4.69, 9.17) is 4.79 Å². The zero-order valence-electron chi connectivity index (χ0n) is 11.9. The summed E-state index contributed by atoms with van der Waals surface area (Å²) in [6, 6.07) is 9.53. The first-order valence-electron chi connectivity index (χ1n) is 5.76. The molecule has 2 rings (SSSR count). The van der Waals surface area contributed by atoms with Crippen LogP contribution in [-0.2, 0) is 24.9 Å². The van der Waals surface area contributed by atoms with Gasteiger partial charge in [-0.15, -0.1) is 12.1 Å². The second-order valence-corrected chi connectivity index (χ2v) is 7.26. The quantitative estimate of drug-likeness (QED) is 0.456. The molecule has 0 N–H and O–H groups in total. The maximum atomic E-state index is 13.2. The van der Waals surface area contributed by atoms with Crippen molar-refractivity contribution in [1.82, 2.24) is 4.98 Å². The van der Waals surface area contributed by atoms with Gasteiger partial charge in [0.1, 0.15) is 0 Å². The second-order valence-electron chi connectivity index (χ2n) is 4.26. The summed E-state index contributed by atoms with van der Waals surface area (Å²) in [6.45, 7) is 11.3. The van der Waals surface area contributed by atoms with Crippen molar-refractivity contribution in [3.05, 3.63) is 54.2 Å². The van der Waals surface area contributed by atoms with Gasteiger partial charge >= 0.3 is 0 Å². The molecule has 21 heavy (non-hydrogen) atoms. The third-order valence-corrected chi connectivity index (χ3v) is 1.78. The van der Waals surface area contributed by atoms with Gasteiger partial charge in [-0.2, -0.15) is 0 Å². The molecule has 6 heteroatoms. The predicted molar refractivity (Wildman–Crippen MR) is 77.5 cm³/mol. The number of hydrogen-bond acceptors (Lipinski definition) is 2. The Morgan fingerprint density at radius 1 is 1.19 bits per heavy atom. The predicted octanol–water partition coefficient (Wildman–Crippen LogP) is 3.80. The van der Waals surface area contributed by atoms with Gasteiger partial charge in [-0.3, -0.25) is 8.78 Å². The van der Waals surface area contributed by atoms with E-state index < -0.39 is 11.6 Å². The summed E-state index contributed by atoms with van der Waals surface area (Å²) in [5.41, 5.74) is 0.636. The van der Waals surface area contributed by atoms with Crippen LogP contribution in [-0.4, -0.2) is 20.6 Å². The SMILES string of the molecule is C[Si](C)C.Fc1c[c-]c(-c2ccccn2)c(F)c1.[C-]=O.[Ir]. The van der Waals surface area contributed by atoms with Gasteiger partial charge in [0.25, 0.3) is 0 Å². The first kappa shape index (κ1) is 22.1. The van der Waals surface area contributed by atoms with E-state index in [0.29, 0.717) is 5.69 Å². The summed E-state index contributed by atoms with van der Waals surface area (Å²) in [6.07, 6.45) is 1.55. The van der Waals surface area contributed by atoms with Crippen LogP contribution in [0.25, 0.3) is 11.3 Å². The first-order valence-corrected chi connectivity index (χ1v) is 8.76. The number of benzene rings is 1. The van der Waals surface area contributed by atoms with Crippen LogP contribution in [0.15, 0.2) is 36.5 Å². The molecule has 1 aromatic carbocycles. The van der Waals surface area contributed by atoms with Gasteiger partial charge in [-0.05, 0) is 11.8 Å². The Kier molecular flexibility index (Phi) is 13.1. The number of halogens is 2. The molecule has 2 aromatic rings. The van der Waals surface area contributed by atoms with Crippen molar-refractivity contribution in [1.29, 1.82) is 0 Å². The molecule has 0 unspecified atom stereocenters. The molecule has 0 bridgehead atoms. The van der Waals surface area contributed by atoms with Crippen molar-refractivity contribution in [2.24, 2.45) is 0 Å². The van der Waals surface area contributed by atoms with Gasteiger partial charge in [-0.25, -0.2) is 0 Å². The van der Waals surface area contributed by atoms with E-state index in [1.54, 1.807) is 24.4 Å². The van der Waals surface area contributed by atoms with Crippen LogP contribution in [0.4, 0.5) is 8.78 Å². The molecule has 115 valence electrons. The number of rotatable bonds is 1. The maximum absolute atomic E-state index is 13.2. The number of aromatic nitrogens is 1. The fourth-order valence-corrected chi connectivity index (χ4v) is 1.15. The van der Waals surface area contributed by atoms with E-state index in [9.17, 15) is 8.78 Å². The van der Waals surface area contributed by atoms with Crippen LogP contribution in [0.2, 0.25) is 19.6 Å².